The third kappa shape index (κ3) is 12.1. The van der Waals surface area contributed by atoms with Gasteiger partial charge in [0.1, 0.15) is 23.0 Å². The summed E-state index contributed by atoms with van der Waals surface area (Å²) in [6.07, 6.45) is 12.6. The molecule has 1 aromatic carbocycles. The van der Waals surface area contributed by atoms with Crippen LogP contribution in [0.4, 0.5) is 5.69 Å². The summed E-state index contributed by atoms with van der Waals surface area (Å²) in [5, 5.41) is 18.0. The molecular weight excluding hydrogens is 651 g/mol. The molecule has 0 saturated heterocycles. The minimum absolute atomic E-state index is 0.00769. The van der Waals surface area contributed by atoms with Gasteiger partial charge in [-0.15, -0.1) is 0 Å². The van der Waals surface area contributed by atoms with Crippen molar-refractivity contribution in [1.29, 1.82) is 5.41 Å². The molecule has 0 atom stereocenters. The minimum Gasteiger partial charge on any atom is -0.494 e. The van der Waals surface area contributed by atoms with E-state index in [1.165, 1.54) is 12.5 Å². The molecule has 6 N–H and O–H groups in total. The number of nitrogens with zero attached hydrogens (tertiary/aromatic N) is 2. The number of ether oxygens (including phenoxy) is 2. The van der Waals surface area contributed by atoms with Crippen molar-refractivity contribution < 1.29 is 19.1 Å². The third-order valence-electron chi connectivity index (χ3n) is 7.66. The second-order valence-electron chi connectivity index (χ2n) is 12.2. The molecule has 1 heterocycles. The van der Waals surface area contributed by atoms with Gasteiger partial charge in [0.05, 0.1) is 43.4 Å². The topological polar surface area (TPSA) is 154 Å². The number of para-hydroxylation sites is 1. The van der Waals surface area contributed by atoms with Crippen molar-refractivity contribution in [3.05, 3.63) is 88.1 Å². The molecule has 3 aliphatic rings. The summed E-state index contributed by atoms with van der Waals surface area (Å²) in [6, 6.07) is 5.59. The number of dihydropyridines is 1. The largest absolute Gasteiger partial charge is 0.494 e. The molecule has 2 amide bonds. The number of allylic oxidation sites excluding steroid dienone is 3. The number of hydrogen-bond acceptors (Lipinski definition) is 9. The fraction of sp³-hybridized carbons (Fsp3) is 0.421. The SMILES string of the molecule is C=C(CN(C)C(=O)C1=CC=C(c2cccc(N/C(=C/C(N)=NC(=O)C3CC3)C(=N)C(=C)NC)c2OC)CN1)S/C(=C\C)COC1CC1.CCC. The molecule has 4 rings (SSSR count). The summed E-state index contributed by atoms with van der Waals surface area (Å²) in [6.45, 7) is 15.6. The molecule has 1 aliphatic heterocycles. The second kappa shape index (κ2) is 19.6. The number of likely N-dealkylation sites (N-methyl/N-ethyl adjacent to an activating group) is 1. The van der Waals surface area contributed by atoms with E-state index in [0.29, 0.717) is 48.6 Å². The molecule has 11 nitrogen and oxygen atoms in total. The van der Waals surface area contributed by atoms with Crippen LogP contribution < -0.4 is 26.4 Å². The molecule has 2 fully saturated rings. The number of methoxy groups -OCH3 is 1. The van der Waals surface area contributed by atoms with Gasteiger partial charge in [0, 0.05) is 48.0 Å². The number of amidine groups is 1. The Bertz CT molecular complexity index is 1600. The summed E-state index contributed by atoms with van der Waals surface area (Å²) in [5.41, 5.74) is 9.50. The van der Waals surface area contributed by atoms with E-state index >= 15 is 0 Å². The lowest BCUT2D eigenvalue weighted by molar-refractivity contribution is -0.125. The first-order valence-electron chi connectivity index (χ1n) is 17.0. The van der Waals surface area contributed by atoms with Gasteiger partial charge in [0.15, 0.2) is 0 Å². The first kappa shape index (κ1) is 39.9. The van der Waals surface area contributed by atoms with Gasteiger partial charge in [-0.25, -0.2) is 0 Å². The number of carbonyl (C=O) groups excluding carboxylic acids is 2. The summed E-state index contributed by atoms with van der Waals surface area (Å²) in [4.78, 5) is 33.0. The van der Waals surface area contributed by atoms with Gasteiger partial charge in [-0.1, -0.05) is 69.5 Å². The predicted molar refractivity (Wildman–Crippen MR) is 207 cm³/mol. The highest BCUT2D eigenvalue weighted by Crippen LogP contribution is 2.36. The van der Waals surface area contributed by atoms with E-state index in [1.807, 2.05) is 37.3 Å². The van der Waals surface area contributed by atoms with Crippen LogP contribution in [0.1, 0.15) is 58.4 Å². The number of nitrogens with one attached hydrogen (secondary N) is 4. The highest BCUT2D eigenvalue weighted by molar-refractivity contribution is 8.06. The Morgan fingerprint density at radius 3 is 2.46 bits per heavy atom. The van der Waals surface area contributed by atoms with Gasteiger partial charge in [0.2, 0.25) is 0 Å². The molecular formula is C38H53N7O4S. The van der Waals surface area contributed by atoms with Crippen LogP contribution in [-0.4, -0.2) is 75.3 Å². The van der Waals surface area contributed by atoms with E-state index in [0.717, 1.165) is 46.6 Å². The molecule has 0 radical (unpaired) electrons. The normalized spacial score (nSPS) is 16.1. The Labute approximate surface area is 301 Å². The van der Waals surface area contributed by atoms with Crippen molar-refractivity contribution in [3.63, 3.8) is 0 Å². The van der Waals surface area contributed by atoms with Gasteiger partial charge in [0.25, 0.3) is 11.8 Å². The zero-order chi connectivity index (χ0) is 36.8. The van der Waals surface area contributed by atoms with Crippen molar-refractivity contribution in [1.82, 2.24) is 15.5 Å². The summed E-state index contributed by atoms with van der Waals surface area (Å²) in [5.74, 6) is 0.0466. The molecule has 0 aromatic heterocycles. The molecule has 0 bridgehead atoms. The number of nitrogens with two attached hydrogens (primary N) is 1. The first-order chi connectivity index (χ1) is 23.9. The average Bonchev–Trinajstić information content (AvgIpc) is 4.04. The molecule has 2 saturated carbocycles. The van der Waals surface area contributed by atoms with Gasteiger partial charge in [-0.2, -0.15) is 4.99 Å². The molecule has 0 spiro atoms. The molecule has 12 heteroatoms. The zero-order valence-corrected chi connectivity index (χ0v) is 31.1. The van der Waals surface area contributed by atoms with Crippen LogP contribution in [0.3, 0.4) is 0 Å². The van der Waals surface area contributed by atoms with Gasteiger partial charge >= 0.3 is 0 Å². The van der Waals surface area contributed by atoms with Gasteiger partial charge < -0.3 is 36.1 Å². The number of aliphatic imine (C=N–C) groups is 1. The van der Waals surface area contributed by atoms with Crippen LogP contribution in [0, 0.1) is 11.3 Å². The number of anilines is 1. The van der Waals surface area contributed by atoms with E-state index in [2.05, 4.69) is 47.9 Å². The number of benzene rings is 1. The van der Waals surface area contributed by atoms with Crippen LogP contribution in [0.15, 0.2) is 87.6 Å². The van der Waals surface area contributed by atoms with Crippen LogP contribution in [0.5, 0.6) is 5.75 Å². The number of rotatable bonds is 17. The Hall–Kier alpha value is -4.55. The highest BCUT2D eigenvalue weighted by Gasteiger charge is 2.29. The van der Waals surface area contributed by atoms with Crippen molar-refractivity contribution in [3.8, 4) is 5.75 Å². The van der Waals surface area contributed by atoms with Gasteiger partial charge in [-0.3, -0.25) is 15.0 Å². The van der Waals surface area contributed by atoms with E-state index in [1.54, 1.807) is 43.9 Å². The number of carbonyl (C=O) groups is 2. The predicted octanol–water partition coefficient (Wildman–Crippen LogP) is 6.11. The molecule has 270 valence electrons. The maximum absolute atomic E-state index is 13.3. The monoisotopic (exact) mass is 703 g/mol. The van der Waals surface area contributed by atoms with E-state index < -0.39 is 0 Å². The van der Waals surface area contributed by atoms with Crippen LogP contribution >= 0.6 is 11.8 Å². The summed E-state index contributed by atoms with van der Waals surface area (Å²) < 4.78 is 11.6. The number of hydrogen-bond donors (Lipinski definition) is 5. The van der Waals surface area contributed by atoms with Crippen molar-refractivity contribution in [2.45, 2.75) is 59.0 Å². The van der Waals surface area contributed by atoms with E-state index in [4.69, 9.17) is 20.6 Å². The minimum atomic E-state index is -0.258. The molecule has 1 aromatic rings. The summed E-state index contributed by atoms with van der Waals surface area (Å²) in [7, 11) is 4.99. The van der Waals surface area contributed by atoms with E-state index in [-0.39, 0.29) is 35.0 Å². The Kier molecular flexibility index (Phi) is 15.6. The van der Waals surface area contributed by atoms with Gasteiger partial charge in [-0.05, 0) is 50.3 Å². The maximum Gasteiger partial charge on any atom is 0.269 e. The lowest BCUT2D eigenvalue weighted by Gasteiger charge is -2.24. The zero-order valence-electron chi connectivity index (χ0n) is 30.3. The Balaban J connectivity index is 0.00000217. The van der Waals surface area contributed by atoms with Crippen LogP contribution in [0.2, 0.25) is 0 Å². The Morgan fingerprint density at radius 2 is 1.90 bits per heavy atom. The number of thioether (sulfide) groups is 1. The Morgan fingerprint density at radius 1 is 1.20 bits per heavy atom. The quantitative estimate of drug-likeness (QED) is 0.0955. The fourth-order valence-electron chi connectivity index (χ4n) is 4.63. The second-order valence-corrected chi connectivity index (χ2v) is 13.5. The van der Waals surface area contributed by atoms with Crippen molar-refractivity contribution in [2.24, 2.45) is 16.6 Å². The fourth-order valence-corrected chi connectivity index (χ4v) is 5.50. The average molecular weight is 704 g/mol. The lowest BCUT2D eigenvalue weighted by Crippen LogP contribution is -2.36. The van der Waals surface area contributed by atoms with Crippen molar-refractivity contribution >= 4 is 46.4 Å². The molecule has 50 heavy (non-hydrogen) atoms. The smallest absolute Gasteiger partial charge is 0.269 e. The lowest BCUT2D eigenvalue weighted by atomic mass is 10.0. The van der Waals surface area contributed by atoms with E-state index in [9.17, 15) is 9.59 Å². The molecule has 2 aliphatic carbocycles. The highest BCUT2D eigenvalue weighted by atomic mass is 32.2. The number of amides is 2. The van der Waals surface area contributed by atoms with Crippen LogP contribution in [-0.2, 0) is 14.3 Å². The standard InChI is InChI=1S/C35H45N7O4S.C3H8/c1-7-26(20-46-25-14-15-25)47-21(2)19-42(5)35(44)29-16-13-24(18-39-29)27-9-8-10-28(33(27)45-6)40-30(32(37)22(3)38-4)17-31(36)41-34(43)23-11-12-23;1-3-2/h7-10,13,16-17,23,25,37-40H,2-3,11-12,14-15,18-20H2,1,4-6H3,(H2,36,41,43);3H2,1-2H3/b26-7-,30-17+,37-32?;. The third-order valence-corrected chi connectivity index (χ3v) is 8.69. The van der Waals surface area contributed by atoms with Crippen molar-refractivity contribution in [2.75, 3.05) is 46.2 Å². The summed E-state index contributed by atoms with van der Waals surface area (Å²) >= 11 is 1.55. The van der Waals surface area contributed by atoms with Crippen LogP contribution in [0.25, 0.3) is 5.57 Å². The first-order valence-corrected chi connectivity index (χ1v) is 17.8. The molecule has 0 unspecified atom stereocenters. The maximum atomic E-state index is 13.3.